The van der Waals surface area contributed by atoms with Crippen molar-refractivity contribution in [2.45, 2.75) is 42.9 Å². The van der Waals surface area contributed by atoms with Gasteiger partial charge in [0.2, 0.25) is 0 Å². The first-order chi connectivity index (χ1) is 8.77. The highest BCUT2D eigenvalue weighted by Crippen LogP contribution is 2.44. The van der Waals surface area contributed by atoms with Crippen LogP contribution in [0, 0.1) is 6.92 Å². The van der Waals surface area contributed by atoms with Gasteiger partial charge in [0.25, 0.3) is 0 Å². The van der Waals surface area contributed by atoms with E-state index in [1.54, 1.807) is 25.1 Å². The van der Waals surface area contributed by atoms with Crippen LogP contribution in [0.1, 0.15) is 36.8 Å². The third kappa shape index (κ3) is 2.39. The Bertz CT molecular complexity index is 610. The molecule has 0 radical (unpaired) electrons. The summed E-state index contributed by atoms with van der Waals surface area (Å²) < 4.78 is 23.9. The highest BCUT2D eigenvalue weighted by atomic mass is 32.2. The van der Waals surface area contributed by atoms with Crippen molar-refractivity contribution >= 4 is 15.8 Å². The third-order valence-electron chi connectivity index (χ3n) is 3.92. The second kappa shape index (κ2) is 4.63. The van der Waals surface area contributed by atoms with Crippen LogP contribution in [-0.2, 0) is 20.0 Å². The molecule has 1 N–H and O–H groups in total. The lowest BCUT2D eigenvalue weighted by Gasteiger charge is -2.26. The Morgan fingerprint density at radius 3 is 2.32 bits per heavy atom. The number of sulfone groups is 1. The molecule has 1 saturated carbocycles. The van der Waals surface area contributed by atoms with E-state index in [0.29, 0.717) is 18.4 Å². The van der Waals surface area contributed by atoms with Gasteiger partial charge in [0, 0.05) is 6.26 Å². The zero-order chi connectivity index (χ0) is 14.3. The molecule has 0 spiro atoms. The summed E-state index contributed by atoms with van der Waals surface area (Å²) >= 11 is 0. The zero-order valence-corrected chi connectivity index (χ0v) is 12.0. The monoisotopic (exact) mass is 282 g/mol. The number of benzene rings is 1. The summed E-state index contributed by atoms with van der Waals surface area (Å²) in [5.41, 5.74) is 0.236. The Morgan fingerprint density at radius 1 is 1.26 bits per heavy atom. The van der Waals surface area contributed by atoms with Gasteiger partial charge in [-0.15, -0.1) is 0 Å². The molecule has 5 heteroatoms. The molecule has 19 heavy (non-hydrogen) atoms. The first-order valence-corrected chi connectivity index (χ1v) is 8.21. The number of hydrogen-bond donors (Lipinski definition) is 1. The van der Waals surface area contributed by atoms with E-state index >= 15 is 0 Å². The van der Waals surface area contributed by atoms with Crippen LogP contribution in [0.25, 0.3) is 0 Å². The minimum atomic E-state index is -3.43. The Balaban J connectivity index is 2.71. The molecule has 4 nitrogen and oxygen atoms in total. The van der Waals surface area contributed by atoms with Crippen molar-refractivity contribution in [3.05, 3.63) is 29.3 Å². The molecule has 0 saturated heterocycles. The van der Waals surface area contributed by atoms with Crippen molar-refractivity contribution in [1.29, 1.82) is 0 Å². The van der Waals surface area contributed by atoms with Crippen LogP contribution in [0.15, 0.2) is 23.1 Å². The normalized spacial score (nSPS) is 18.4. The molecule has 0 aliphatic heterocycles. The molecule has 0 bridgehead atoms. The summed E-state index contributed by atoms with van der Waals surface area (Å²) in [6, 6.07) is 5.03. The van der Waals surface area contributed by atoms with Crippen LogP contribution in [0.2, 0.25) is 0 Å². The number of carboxylic acids is 1. The van der Waals surface area contributed by atoms with E-state index in [4.69, 9.17) is 0 Å². The van der Waals surface area contributed by atoms with Crippen LogP contribution in [0.5, 0.6) is 0 Å². The second-order valence-electron chi connectivity index (χ2n) is 5.37. The molecule has 1 aromatic rings. The molecule has 2 rings (SSSR count). The zero-order valence-electron chi connectivity index (χ0n) is 11.1. The van der Waals surface area contributed by atoms with Crippen molar-refractivity contribution < 1.29 is 18.3 Å². The van der Waals surface area contributed by atoms with Gasteiger partial charge in [-0.25, -0.2) is 8.42 Å². The number of aliphatic carboxylic acids is 1. The molecule has 0 heterocycles. The summed E-state index contributed by atoms with van der Waals surface area (Å²) in [4.78, 5) is 11.9. The van der Waals surface area contributed by atoms with E-state index < -0.39 is 21.2 Å². The Labute approximate surface area is 113 Å². The van der Waals surface area contributed by atoms with E-state index in [9.17, 15) is 18.3 Å². The predicted molar refractivity (Wildman–Crippen MR) is 72.1 cm³/mol. The van der Waals surface area contributed by atoms with E-state index in [2.05, 4.69) is 0 Å². The first-order valence-electron chi connectivity index (χ1n) is 6.32. The van der Waals surface area contributed by atoms with Crippen LogP contribution in [0.4, 0.5) is 0 Å². The maximum Gasteiger partial charge on any atom is 0.314 e. The molecule has 1 aromatic carbocycles. The molecular formula is C14H18O4S. The van der Waals surface area contributed by atoms with Gasteiger partial charge in [-0.3, -0.25) is 4.79 Å². The standard InChI is InChI=1S/C14H18O4S/c1-10-5-6-11(12(9-10)19(2,17)18)14(13(15)16)7-3-4-8-14/h5-6,9H,3-4,7-8H2,1-2H3,(H,15,16). The number of aryl methyl sites for hydroxylation is 1. The van der Waals surface area contributed by atoms with Crippen LogP contribution in [0.3, 0.4) is 0 Å². The Morgan fingerprint density at radius 2 is 1.84 bits per heavy atom. The van der Waals surface area contributed by atoms with Gasteiger partial charge in [0.05, 0.1) is 10.3 Å². The third-order valence-corrected chi connectivity index (χ3v) is 5.06. The average Bonchev–Trinajstić information content (AvgIpc) is 2.78. The summed E-state index contributed by atoms with van der Waals surface area (Å²) in [6.45, 7) is 1.81. The van der Waals surface area contributed by atoms with Crippen molar-refractivity contribution in [3.8, 4) is 0 Å². The fourth-order valence-electron chi connectivity index (χ4n) is 2.91. The number of carboxylic acid groups (broad SMARTS) is 1. The Hall–Kier alpha value is -1.36. The lowest BCUT2D eigenvalue weighted by molar-refractivity contribution is -0.143. The summed E-state index contributed by atoms with van der Waals surface area (Å²) in [7, 11) is -3.43. The highest BCUT2D eigenvalue weighted by molar-refractivity contribution is 7.90. The van der Waals surface area contributed by atoms with Crippen LogP contribution >= 0.6 is 0 Å². The fourth-order valence-corrected chi connectivity index (χ4v) is 3.97. The molecule has 0 aromatic heterocycles. The average molecular weight is 282 g/mol. The van der Waals surface area contributed by atoms with E-state index in [0.717, 1.165) is 24.7 Å². The van der Waals surface area contributed by atoms with Gasteiger partial charge < -0.3 is 5.11 Å². The van der Waals surface area contributed by atoms with Crippen LogP contribution in [-0.4, -0.2) is 25.7 Å². The largest absolute Gasteiger partial charge is 0.481 e. The van der Waals surface area contributed by atoms with E-state index in [1.165, 1.54) is 0 Å². The fraction of sp³-hybridized carbons (Fsp3) is 0.500. The van der Waals surface area contributed by atoms with Gasteiger partial charge in [-0.1, -0.05) is 25.0 Å². The van der Waals surface area contributed by atoms with Crippen LogP contribution < -0.4 is 0 Å². The smallest absolute Gasteiger partial charge is 0.314 e. The lowest BCUT2D eigenvalue weighted by Crippen LogP contribution is -2.34. The number of carbonyl (C=O) groups is 1. The van der Waals surface area contributed by atoms with Gasteiger partial charge in [-0.05, 0) is 37.0 Å². The minimum Gasteiger partial charge on any atom is -0.481 e. The molecule has 0 atom stereocenters. The molecule has 0 unspecified atom stereocenters. The predicted octanol–water partition coefficient (Wildman–Crippen LogP) is 2.29. The Kier molecular flexibility index (Phi) is 3.43. The first kappa shape index (κ1) is 14.1. The van der Waals surface area contributed by atoms with Gasteiger partial charge >= 0.3 is 5.97 Å². The molecule has 104 valence electrons. The number of rotatable bonds is 3. The molecule has 0 amide bonds. The molecule has 1 aliphatic rings. The van der Waals surface area contributed by atoms with Gasteiger partial charge in [-0.2, -0.15) is 0 Å². The highest BCUT2D eigenvalue weighted by Gasteiger charge is 2.45. The summed E-state index contributed by atoms with van der Waals surface area (Å²) in [5, 5.41) is 9.58. The van der Waals surface area contributed by atoms with E-state index in [1.807, 2.05) is 0 Å². The van der Waals surface area contributed by atoms with Crippen molar-refractivity contribution in [2.75, 3.05) is 6.26 Å². The molecule has 1 fully saturated rings. The maximum atomic E-state index is 11.9. The number of hydrogen-bond acceptors (Lipinski definition) is 3. The van der Waals surface area contributed by atoms with Gasteiger partial charge in [0.15, 0.2) is 9.84 Å². The summed E-state index contributed by atoms with van der Waals surface area (Å²) in [6.07, 6.45) is 3.80. The topological polar surface area (TPSA) is 71.4 Å². The van der Waals surface area contributed by atoms with Gasteiger partial charge in [0.1, 0.15) is 0 Å². The van der Waals surface area contributed by atoms with E-state index in [-0.39, 0.29) is 4.90 Å². The molecular weight excluding hydrogens is 264 g/mol. The lowest BCUT2D eigenvalue weighted by atomic mass is 9.78. The second-order valence-corrected chi connectivity index (χ2v) is 7.35. The van der Waals surface area contributed by atoms with Crippen molar-refractivity contribution in [1.82, 2.24) is 0 Å². The maximum absolute atomic E-state index is 11.9. The quantitative estimate of drug-likeness (QED) is 0.923. The van der Waals surface area contributed by atoms with Crippen molar-refractivity contribution in [3.63, 3.8) is 0 Å². The molecule has 1 aliphatic carbocycles. The van der Waals surface area contributed by atoms with Crippen molar-refractivity contribution in [2.24, 2.45) is 0 Å². The minimum absolute atomic E-state index is 0.164. The summed E-state index contributed by atoms with van der Waals surface area (Å²) in [5.74, 6) is -0.918. The SMILES string of the molecule is Cc1ccc(C2(C(=O)O)CCCC2)c(S(C)(=O)=O)c1.